The molecular formula is C24H25FN4. The Kier molecular flexibility index (Phi) is 5.41. The topological polar surface area (TPSA) is 34.0 Å². The van der Waals surface area contributed by atoms with Crippen LogP contribution < -0.4 is 0 Å². The van der Waals surface area contributed by atoms with E-state index in [1.807, 2.05) is 61.4 Å². The van der Waals surface area contributed by atoms with E-state index in [-0.39, 0.29) is 11.7 Å². The lowest BCUT2D eigenvalue weighted by molar-refractivity contribution is 0.266. The maximum Gasteiger partial charge on any atom is 0.105 e. The van der Waals surface area contributed by atoms with Crippen LogP contribution in [0.5, 0.6) is 0 Å². The van der Waals surface area contributed by atoms with Gasteiger partial charge in [0, 0.05) is 43.8 Å². The fourth-order valence-corrected chi connectivity index (χ4v) is 4.01. The van der Waals surface area contributed by atoms with Gasteiger partial charge in [-0.1, -0.05) is 36.9 Å². The number of pyridine rings is 1. The quantitative estimate of drug-likeness (QED) is 0.596. The van der Waals surface area contributed by atoms with Crippen LogP contribution in [-0.4, -0.2) is 33.3 Å². The molecule has 1 aromatic carbocycles. The number of aromatic nitrogens is 3. The van der Waals surface area contributed by atoms with Crippen molar-refractivity contribution in [3.63, 3.8) is 0 Å². The molecule has 0 aliphatic heterocycles. The fourth-order valence-electron chi connectivity index (χ4n) is 4.01. The van der Waals surface area contributed by atoms with E-state index in [0.717, 1.165) is 33.3 Å². The summed E-state index contributed by atoms with van der Waals surface area (Å²) in [5.41, 5.74) is 5.21. The summed E-state index contributed by atoms with van der Waals surface area (Å²) in [6.45, 7) is 5.13. The number of nitrogens with zero attached hydrogens (tertiary/aromatic N) is 4. The molecule has 148 valence electrons. The van der Waals surface area contributed by atoms with Crippen molar-refractivity contribution < 1.29 is 4.39 Å². The van der Waals surface area contributed by atoms with Crippen molar-refractivity contribution >= 4 is 22.6 Å². The van der Waals surface area contributed by atoms with Crippen LogP contribution >= 0.6 is 0 Å². The van der Waals surface area contributed by atoms with E-state index >= 15 is 0 Å². The molecule has 1 aliphatic rings. The molecule has 0 spiro atoms. The first-order valence-corrected chi connectivity index (χ1v) is 9.79. The highest BCUT2D eigenvalue weighted by atomic mass is 19.1. The average molecular weight is 388 g/mol. The molecule has 0 saturated carbocycles. The van der Waals surface area contributed by atoms with Gasteiger partial charge in [-0.05, 0) is 48.4 Å². The molecule has 0 radical (unpaired) electrons. The zero-order chi connectivity index (χ0) is 20.4. The molecule has 1 unspecified atom stereocenters. The van der Waals surface area contributed by atoms with Crippen molar-refractivity contribution in [2.24, 2.45) is 13.0 Å². The predicted molar refractivity (Wildman–Crippen MR) is 117 cm³/mol. The summed E-state index contributed by atoms with van der Waals surface area (Å²) in [5.74, 6) is -0.244. The number of hydrogen-bond donors (Lipinski definition) is 0. The zero-order valence-electron chi connectivity index (χ0n) is 16.8. The monoisotopic (exact) mass is 388 g/mol. The van der Waals surface area contributed by atoms with Gasteiger partial charge in [0.1, 0.15) is 5.83 Å². The van der Waals surface area contributed by atoms with Crippen LogP contribution in [0.25, 0.3) is 22.6 Å². The number of benzene rings is 1. The van der Waals surface area contributed by atoms with Gasteiger partial charge in [0.2, 0.25) is 0 Å². The molecule has 29 heavy (non-hydrogen) atoms. The number of hydrogen-bond acceptors (Lipinski definition) is 3. The first-order valence-electron chi connectivity index (χ1n) is 9.79. The molecule has 2 heterocycles. The van der Waals surface area contributed by atoms with E-state index in [0.29, 0.717) is 19.5 Å². The van der Waals surface area contributed by atoms with Gasteiger partial charge in [-0.2, -0.15) is 5.10 Å². The minimum absolute atomic E-state index is 0.0658. The summed E-state index contributed by atoms with van der Waals surface area (Å²) >= 11 is 0. The highest BCUT2D eigenvalue weighted by Gasteiger charge is 2.23. The predicted octanol–water partition coefficient (Wildman–Crippen LogP) is 5.00. The second-order valence-corrected chi connectivity index (χ2v) is 7.63. The Morgan fingerprint density at radius 1 is 1.28 bits per heavy atom. The second kappa shape index (κ2) is 8.13. The van der Waals surface area contributed by atoms with Crippen LogP contribution in [0.4, 0.5) is 4.39 Å². The van der Waals surface area contributed by atoms with Crippen molar-refractivity contribution in [3.05, 3.63) is 84.1 Å². The van der Waals surface area contributed by atoms with Crippen LogP contribution in [0.1, 0.15) is 23.2 Å². The van der Waals surface area contributed by atoms with Gasteiger partial charge in [0.05, 0.1) is 11.2 Å². The molecule has 3 aromatic rings. The van der Waals surface area contributed by atoms with Crippen molar-refractivity contribution in [1.82, 2.24) is 19.7 Å². The Balaban J connectivity index is 1.52. The summed E-state index contributed by atoms with van der Waals surface area (Å²) in [5, 5.41) is 5.60. The van der Waals surface area contributed by atoms with Crippen LogP contribution in [0.3, 0.4) is 0 Å². The smallest absolute Gasteiger partial charge is 0.105 e. The molecule has 5 heteroatoms. The molecule has 0 N–H and O–H groups in total. The number of aryl methyl sites for hydroxylation is 1. The maximum absolute atomic E-state index is 14.6. The standard InChI is InChI=1S/C24H25FN4/c1-4-17-7-6-12-26-24(17)16-28(2)14-19-13-18(10-11-22(19)25)20-8-5-9-23-21(20)15-29(3)27-23/h4-12,15,19H,1,13-14,16H2,2-3H3. The van der Waals surface area contributed by atoms with Crippen molar-refractivity contribution in [2.75, 3.05) is 13.6 Å². The molecule has 2 aromatic heterocycles. The summed E-state index contributed by atoms with van der Waals surface area (Å²) < 4.78 is 16.5. The van der Waals surface area contributed by atoms with Gasteiger partial charge in [-0.25, -0.2) is 4.39 Å². The molecule has 0 fully saturated rings. The van der Waals surface area contributed by atoms with Crippen LogP contribution in [0.15, 0.2) is 67.3 Å². The van der Waals surface area contributed by atoms with Crippen LogP contribution in [0, 0.1) is 5.92 Å². The third kappa shape index (κ3) is 4.05. The normalized spacial score (nSPS) is 16.8. The largest absolute Gasteiger partial charge is 0.300 e. The Hall–Kier alpha value is -3.05. The number of allylic oxidation sites excluding steroid dienone is 3. The number of fused-ring (bicyclic) bond motifs is 1. The van der Waals surface area contributed by atoms with Gasteiger partial charge < -0.3 is 0 Å². The van der Waals surface area contributed by atoms with Crippen molar-refractivity contribution in [2.45, 2.75) is 13.0 Å². The Labute approximate surface area is 170 Å². The summed E-state index contributed by atoms with van der Waals surface area (Å²) in [4.78, 5) is 6.58. The van der Waals surface area contributed by atoms with Crippen molar-refractivity contribution in [1.29, 1.82) is 0 Å². The molecule has 0 bridgehead atoms. The third-order valence-corrected chi connectivity index (χ3v) is 5.41. The zero-order valence-corrected chi connectivity index (χ0v) is 16.8. The van der Waals surface area contributed by atoms with Gasteiger partial charge >= 0.3 is 0 Å². The fraction of sp³-hybridized carbons (Fsp3) is 0.250. The molecule has 0 saturated heterocycles. The number of rotatable bonds is 6. The van der Waals surface area contributed by atoms with Crippen molar-refractivity contribution in [3.8, 4) is 0 Å². The molecule has 1 atom stereocenters. The minimum atomic E-state index is -0.178. The average Bonchev–Trinajstić information content (AvgIpc) is 3.10. The van der Waals surface area contributed by atoms with Crippen LogP contribution in [-0.2, 0) is 13.6 Å². The van der Waals surface area contributed by atoms with E-state index in [9.17, 15) is 4.39 Å². The van der Waals surface area contributed by atoms with Crippen LogP contribution in [0.2, 0.25) is 0 Å². The van der Waals surface area contributed by atoms with E-state index in [1.54, 1.807) is 12.3 Å². The first-order chi connectivity index (χ1) is 14.0. The maximum atomic E-state index is 14.6. The Bertz CT molecular complexity index is 1110. The lowest BCUT2D eigenvalue weighted by Gasteiger charge is -2.26. The van der Waals surface area contributed by atoms with E-state index < -0.39 is 0 Å². The van der Waals surface area contributed by atoms with E-state index in [2.05, 4.69) is 27.6 Å². The molecule has 4 nitrogen and oxygen atoms in total. The van der Waals surface area contributed by atoms with Gasteiger partial charge in [-0.15, -0.1) is 0 Å². The highest BCUT2D eigenvalue weighted by Crippen LogP contribution is 2.35. The van der Waals surface area contributed by atoms with Gasteiger partial charge in [0.15, 0.2) is 0 Å². The molecule has 4 rings (SSSR count). The third-order valence-electron chi connectivity index (χ3n) is 5.41. The van der Waals surface area contributed by atoms with Gasteiger partial charge in [-0.3, -0.25) is 14.6 Å². The summed E-state index contributed by atoms with van der Waals surface area (Å²) in [6, 6.07) is 10.0. The number of halogens is 1. The SMILES string of the molecule is C=Cc1cccnc1CN(C)CC1CC(c2cccc3nn(C)cc23)=CC=C1F. The van der Waals surface area contributed by atoms with E-state index in [1.165, 1.54) is 0 Å². The summed E-state index contributed by atoms with van der Waals surface area (Å²) in [6.07, 6.45) is 9.81. The molecule has 1 aliphatic carbocycles. The minimum Gasteiger partial charge on any atom is -0.300 e. The summed E-state index contributed by atoms with van der Waals surface area (Å²) in [7, 11) is 3.93. The molecular weight excluding hydrogens is 363 g/mol. The second-order valence-electron chi connectivity index (χ2n) is 7.63. The Morgan fingerprint density at radius 3 is 2.97 bits per heavy atom. The first kappa shape index (κ1) is 19.3. The Morgan fingerprint density at radius 2 is 2.14 bits per heavy atom. The van der Waals surface area contributed by atoms with Gasteiger partial charge in [0.25, 0.3) is 0 Å². The lowest BCUT2D eigenvalue weighted by atomic mass is 9.87. The van der Waals surface area contributed by atoms with E-state index in [4.69, 9.17) is 0 Å². The highest BCUT2D eigenvalue weighted by molar-refractivity contribution is 5.92. The lowest BCUT2D eigenvalue weighted by Crippen LogP contribution is -2.27. The molecule has 0 amide bonds.